The van der Waals surface area contributed by atoms with Gasteiger partial charge in [0, 0.05) is 17.1 Å². The van der Waals surface area contributed by atoms with Crippen LogP contribution in [-0.2, 0) is 29.8 Å². The van der Waals surface area contributed by atoms with Crippen molar-refractivity contribution in [3.8, 4) is 0 Å². The molecule has 10 nitrogen and oxygen atoms in total. The van der Waals surface area contributed by atoms with E-state index in [-0.39, 0.29) is 134 Å². The third-order valence-electron chi connectivity index (χ3n) is 2.76. The van der Waals surface area contributed by atoms with Crippen LogP contribution in [0, 0.1) is 0 Å². The third kappa shape index (κ3) is 18.9. The van der Waals surface area contributed by atoms with Crippen LogP contribution in [0.25, 0.3) is 0 Å². The Balaban J connectivity index is -0.00000242. The smallest absolute Gasteiger partial charge is 0.748 e. The molecule has 0 atom stereocenters. The molecule has 14 heteroatoms. The number of hydrogen-bond donors (Lipinski definition) is 2. The number of carboxylic acids is 2. The molecule has 2 N–H and O–H groups in total. The Morgan fingerprint density at radius 3 is 1.40 bits per heavy atom. The molecule has 0 rings (SSSR count). The SMILES string of the molecule is O=C(O)CC(C(=O)O)=C(CCCS(=O)(=O)[O-])CCCS(=O)(=O)[O-].[K+].[K+]. The number of hydrogen-bond acceptors (Lipinski definition) is 8. The number of rotatable bonds is 11. The second-order valence-corrected chi connectivity index (χ2v) is 7.74. The zero-order valence-electron chi connectivity index (χ0n) is 13.9. The van der Waals surface area contributed by atoms with Gasteiger partial charge >= 0.3 is 115 Å². The van der Waals surface area contributed by atoms with Crippen molar-refractivity contribution in [3.63, 3.8) is 0 Å². The van der Waals surface area contributed by atoms with Crippen LogP contribution in [0.5, 0.6) is 0 Å². The molecule has 0 saturated carbocycles. The first kappa shape index (κ1) is 31.5. The number of aliphatic carboxylic acids is 2. The summed E-state index contributed by atoms with van der Waals surface area (Å²) < 4.78 is 63.2. The van der Waals surface area contributed by atoms with Crippen LogP contribution in [0.2, 0.25) is 0 Å². The molecule has 0 fully saturated rings. The first-order valence-electron chi connectivity index (χ1n) is 6.35. The fourth-order valence-corrected chi connectivity index (χ4v) is 2.85. The van der Waals surface area contributed by atoms with Crippen molar-refractivity contribution in [2.75, 3.05) is 11.5 Å². The molecule has 0 aliphatic heterocycles. The van der Waals surface area contributed by atoms with E-state index in [1.54, 1.807) is 0 Å². The van der Waals surface area contributed by atoms with Crippen LogP contribution in [0.3, 0.4) is 0 Å². The van der Waals surface area contributed by atoms with Crippen molar-refractivity contribution in [1.29, 1.82) is 0 Å². The molecule has 0 bridgehead atoms. The zero-order chi connectivity index (χ0) is 18.3. The Hall–Kier alpha value is 1.77. The van der Waals surface area contributed by atoms with Crippen LogP contribution < -0.4 is 103 Å². The quantitative estimate of drug-likeness (QED) is 0.174. The van der Waals surface area contributed by atoms with E-state index in [4.69, 9.17) is 10.2 Å². The van der Waals surface area contributed by atoms with Crippen LogP contribution in [0.4, 0.5) is 0 Å². The number of carboxylic acid groups (broad SMARTS) is 2. The predicted molar refractivity (Wildman–Crippen MR) is 74.5 cm³/mol. The summed E-state index contributed by atoms with van der Waals surface area (Å²) in [4.78, 5) is 21.8. The van der Waals surface area contributed by atoms with E-state index in [0.717, 1.165) is 0 Å². The monoisotopic (exact) mass is 450 g/mol. The van der Waals surface area contributed by atoms with Gasteiger partial charge in [-0.2, -0.15) is 0 Å². The Bertz CT molecular complexity index is 642. The van der Waals surface area contributed by atoms with Crippen LogP contribution in [0.15, 0.2) is 11.1 Å². The summed E-state index contributed by atoms with van der Waals surface area (Å²) in [6, 6.07) is 0. The molecular formula is C11H16K2O10S2. The predicted octanol–water partition coefficient (Wildman–Crippen LogP) is -6.50. The average molecular weight is 451 g/mol. The van der Waals surface area contributed by atoms with Gasteiger partial charge in [0.1, 0.15) is 0 Å². The van der Waals surface area contributed by atoms with E-state index in [9.17, 15) is 35.5 Å². The van der Waals surface area contributed by atoms with E-state index in [1.807, 2.05) is 0 Å². The maximum absolute atomic E-state index is 11.1. The summed E-state index contributed by atoms with van der Waals surface area (Å²) in [6.07, 6.45) is -1.72. The van der Waals surface area contributed by atoms with Crippen molar-refractivity contribution >= 4 is 32.2 Å². The molecule has 0 aromatic carbocycles. The van der Waals surface area contributed by atoms with Crippen molar-refractivity contribution in [2.24, 2.45) is 0 Å². The second kappa shape index (κ2) is 14.7. The minimum atomic E-state index is -4.51. The molecule has 0 spiro atoms. The Kier molecular flexibility index (Phi) is 18.5. The van der Waals surface area contributed by atoms with E-state index in [1.165, 1.54) is 0 Å². The van der Waals surface area contributed by atoms with Crippen molar-refractivity contribution in [3.05, 3.63) is 11.1 Å². The Morgan fingerprint density at radius 1 is 0.800 bits per heavy atom. The van der Waals surface area contributed by atoms with Gasteiger partial charge in [0.05, 0.1) is 26.7 Å². The maximum atomic E-state index is 11.1. The molecule has 0 aliphatic rings. The van der Waals surface area contributed by atoms with E-state index >= 15 is 0 Å². The fraction of sp³-hybridized carbons (Fsp3) is 0.636. The van der Waals surface area contributed by atoms with E-state index in [0.29, 0.717) is 0 Å². The van der Waals surface area contributed by atoms with Gasteiger partial charge < -0.3 is 19.3 Å². The molecule has 0 unspecified atom stereocenters. The summed E-state index contributed by atoms with van der Waals surface area (Å²) in [5.41, 5.74) is -0.503. The van der Waals surface area contributed by atoms with Gasteiger partial charge in [0.2, 0.25) is 0 Å². The third-order valence-corrected chi connectivity index (χ3v) is 4.34. The summed E-state index contributed by atoms with van der Waals surface area (Å²) in [5.74, 6) is -4.52. The van der Waals surface area contributed by atoms with Gasteiger partial charge in [0.25, 0.3) is 0 Å². The normalized spacial score (nSPS) is 11.0. The van der Waals surface area contributed by atoms with Gasteiger partial charge in [0.15, 0.2) is 0 Å². The molecule has 0 amide bonds. The van der Waals surface area contributed by atoms with Gasteiger partial charge in [-0.25, -0.2) is 21.6 Å². The van der Waals surface area contributed by atoms with Crippen molar-refractivity contribution in [2.45, 2.75) is 32.1 Å². The molecule has 0 aliphatic carbocycles. The molecule has 134 valence electrons. The largest absolute Gasteiger partial charge is 1.00 e. The van der Waals surface area contributed by atoms with Gasteiger partial charge in [-0.15, -0.1) is 0 Å². The number of carbonyl (C=O) groups is 2. The van der Waals surface area contributed by atoms with Gasteiger partial charge in [-0.3, -0.25) is 4.79 Å². The van der Waals surface area contributed by atoms with Gasteiger partial charge in [-0.05, 0) is 25.7 Å². The molecule has 0 radical (unpaired) electrons. The average Bonchev–Trinajstić information content (AvgIpc) is 2.30. The first-order valence-corrected chi connectivity index (χ1v) is 9.50. The standard InChI is InChI=1S/C11H18O10S2.2K/c12-10(13)7-9(11(14)15)8(3-1-5-22(16,17)18)4-2-6-23(19,20)21;;/h1-7H2,(H,12,13)(H,14,15)(H,16,17,18)(H,19,20,21);;/q;2*+1/p-2. The summed E-state index contributed by atoms with van der Waals surface area (Å²) in [5, 5.41) is 17.7. The minimum absolute atomic E-state index is 0. The molecular weight excluding hydrogens is 434 g/mol. The Morgan fingerprint density at radius 2 is 1.16 bits per heavy atom. The zero-order valence-corrected chi connectivity index (χ0v) is 21.8. The summed E-state index contributed by atoms with van der Waals surface area (Å²) in [6.45, 7) is 0. The van der Waals surface area contributed by atoms with Crippen molar-refractivity contribution < 1.29 is 149 Å². The molecule has 0 aromatic heterocycles. The van der Waals surface area contributed by atoms with Crippen LogP contribution in [0.1, 0.15) is 32.1 Å². The molecule has 25 heavy (non-hydrogen) atoms. The molecule has 0 aromatic rings. The van der Waals surface area contributed by atoms with Crippen molar-refractivity contribution in [1.82, 2.24) is 0 Å². The van der Waals surface area contributed by atoms with E-state index in [2.05, 4.69) is 0 Å². The molecule has 0 heterocycles. The maximum Gasteiger partial charge on any atom is 1.00 e. The first-order chi connectivity index (χ1) is 10.3. The molecule has 0 saturated heterocycles. The van der Waals surface area contributed by atoms with Crippen LogP contribution in [-0.4, -0.2) is 59.6 Å². The van der Waals surface area contributed by atoms with Crippen LogP contribution >= 0.6 is 0 Å². The topological polar surface area (TPSA) is 189 Å². The second-order valence-electron chi connectivity index (χ2n) is 4.69. The number of allylic oxidation sites excluding steroid dienone is 1. The summed E-state index contributed by atoms with van der Waals surface area (Å²) >= 11 is 0. The van der Waals surface area contributed by atoms with E-state index < -0.39 is 55.7 Å². The summed E-state index contributed by atoms with van der Waals surface area (Å²) in [7, 11) is -9.03. The minimum Gasteiger partial charge on any atom is -0.748 e. The van der Waals surface area contributed by atoms with Gasteiger partial charge in [-0.1, -0.05) is 5.57 Å². The fourth-order valence-electron chi connectivity index (χ4n) is 1.85. The Labute approximate surface area is 231 Å².